The third kappa shape index (κ3) is 2.52. The van der Waals surface area contributed by atoms with Crippen molar-refractivity contribution in [2.24, 2.45) is 5.73 Å². The molecule has 6 heteroatoms. The summed E-state index contributed by atoms with van der Waals surface area (Å²) < 4.78 is 15.1. The maximum absolute atomic E-state index is 13.2. The molecule has 0 unspecified atom stereocenters. The van der Waals surface area contributed by atoms with Crippen LogP contribution in [0.4, 0.5) is 4.39 Å². The summed E-state index contributed by atoms with van der Waals surface area (Å²) in [5, 5.41) is 9.06. The Bertz CT molecular complexity index is 741. The SMILES string of the molecule is NCc1cc(F)ccc1CSc1nnc2ccccn12. The number of nitrogens with zero attached hydrogens (tertiary/aromatic N) is 3. The number of aromatic nitrogens is 3. The van der Waals surface area contributed by atoms with Crippen LogP contribution in [0.1, 0.15) is 11.1 Å². The zero-order chi connectivity index (χ0) is 13.9. The lowest BCUT2D eigenvalue weighted by Crippen LogP contribution is -2.01. The van der Waals surface area contributed by atoms with Crippen LogP contribution in [0.25, 0.3) is 5.65 Å². The average molecular weight is 288 g/mol. The van der Waals surface area contributed by atoms with Crippen LogP contribution in [-0.4, -0.2) is 14.6 Å². The molecule has 0 aliphatic heterocycles. The smallest absolute Gasteiger partial charge is 0.195 e. The van der Waals surface area contributed by atoms with Crippen molar-refractivity contribution >= 4 is 17.4 Å². The molecule has 4 nitrogen and oxygen atoms in total. The highest BCUT2D eigenvalue weighted by atomic mass is 32.2. The van der Waals surface area contributed by atoms with Crippen LogP contribution >= 0.6 is 11.8 Å². The van der Waals surface area contributed by atoms with E-state index in [2.05, 4.69) is 10.2 Å². The van der Waals surface area contributed by atoms with Gasteiger partial charge in [0.2, 0.25) is 0 Å². The third-order valence-corrected chi connectivity index (χ3v) is 4.02. The molecule has 102 valence electrons. The largest absolute Gasteiger partial charge is 0.326 e. The van der Waals surface area contributed by atoms with Crippen LogP contribution < -0.4 is 5.73 Å². The lowest BCUT2D eigenvalue weighted by molar-refractivity contribution is 0.624. The molecule has 3 rings (SSSR count). The molecule has 0 fully saturated rings. The number of fused-ring (bicyclic) bond motifs is 1. The predicted molar refractivity (Wildman–Crippen MR) is 76.8 cm³/mol. The molecule has 0 aliphatic rings. The maximum Gasteiger partial charge on any atom is 0.195 e. The Kier molecular flexibility index (Phi) is 3.66. The van der Waals surface area contributed by atoms with Crippen molar-refractivity contribution in [1.29, 1.82) is 0 Å². The monoisotopic (exact) mass is 288 g/mol. The minimum absolute atomic E-state index is 0.257. The first kappa shape index (κ1) is 13.1. The molecule has 0 bridgehead atoms. The number of halogens is 1. The summed E-state index contributed by atoms with van der Waals surface area (Å²) in [5.74, 6) is 0.426. The van der Waals surface area contributed by atoms with Gasteiger partial charge in [0.25, 0.3) is 0 Å². The number of thioether (sulfide) groups is 1. The van der Waals surface area contributed by atoms with E-state index in [9.17, 15) is 4.39 Å². The molecule has 0 atom stereocenters. The van der Waals surface area contributed by atoms with E-state index in [-0.39, 0.29) is 5.82 Å². The summed E-state index contributed by atoms with van der Waals surface area (Å²) in [7, 11) is 0. The van der Waals surface area contributed by atoms with Gasteiger partial charge < -0.3 is 5.73 Å². The Morgan fingerprint density at radius 2 is 2.05 bits per heavy atom. The fourth-order valence-electron chi connectivity index (χ4n) is 1.99. The van der Waals surface area contributed by atoms with Gasteiger partial charge in [0.05, 0.1) is 0 Å². The van der Waals surface area contributed by atoms with Gasteiger partial charge in [0, 0.05) is 18.5 Å². The fraction of sp³-hybridized carbons (Fsp3) is 0.143. The molecule has 0 amide bonds. The number of hydrogen-bond donors (Lipinski definition) is 1. The van der Waals surface area contributed by atoms with Crippen molar-refractivity contribution in [2.75, 3.05) is 0 Å². The molecule has 0 saturated carbocycles. The Morgan fingerprint density at radius 1 is 1.15 bits per heavy atom. The van der Waals surface area contributed by atoms with Gasteiger partial charge in [0.1, 0.15) is 5.82 Å². The van der Waals surface area contributed by atoms with Gasteiger partial charge in [-0.2, -0.15) is 0 Å². The Hall–Kier alpha value is -1.92. The highest BCUT2D eigenvalue weighted by Gasteiger charge is 2.08. The van der Waals surface area contributed by atoms with Crippen molar-refractivity contribution in [1.82, 2.24) is 14.6 Å². The zero-order valence-electron chi connectivity index (χ0n) is 10.7. The quantitative estimate of drug-likeness (QED) is 0.750. The second kappa shape index (κ2) is 5.60. The highest BCUT2D eigenvalue weighted by Crippen LogP contribution is 2.23. The van der Waals surface area contributed by atoms with Gasteiger partial charge in [-0.05, 0) is 35.4 Å². The summed E-state index contributed by atoms with van der Waals surface area (Å²) in [6.45, 7) is 0.328. The molecule has 3 aromatic rings. The molecular weight excluding hydrogens is 275 g/mol. The van der Waals surface area contributed by atoms with Crippen molar-refractivity contribution in [3.8, 4) is 0 Å². The summed E-state index contributed by atoms with van der Waals surface area (Å²) >= 11 is 1.56. The number of benzene rings is 1. The van der Waals surface area contributed by atoms with Gasteiger partial charge in [0.15, 0.2) is 10.8 Å². The molecule has 20 heavy (non-hydrogen) atoms. The minimum Gasteiger partial charge on any atom is -0.326 e. The van der Waals surface area contributed by atoms with E-state index in [0.29, 0.717) is 12.3 Å². The number of nitrogens with two attached hydrogens (primary N) is 1. The summed E-state index contributed by atoms with van der Waals surface area (Å²) in [6.07, 6.45) is 1.92. The summed E-state index contributed by atoms with van der Waals surface area (Å²) in [5.41, 5.74) is 8.31. The summed E-state index contributed by atoms with van der Waals surface area (Å²) in [6, 6.07) is 10.5. The predicted octanol–water partition coefficient (Wildman–Crippen LogP) is 2.62. The highest BCUT2D eigenvalue weighted by molar-refractivity contribution is 7.98. The van der Waals surface area contributed by atoms with E-state index in [1.807, 2.05) is 28.8 Å². The van der Waals surface area contributed by atoms with Crippen molar-refractivity contribution in [3.05, 3.63) is 59.5 Å². The van der Waals surface area contributed by atoms with E-state index in [0.717, 1.165) is 21.9 Å². The van der Waals surface area contributed by atoms with Crippen molar-refractivity contribution in [3.63, 3.8) is 0 Å². The van der Waals surface area contributed by atoms with Gasteiger partial charge in [-0.3, -0.25) is 4.40 Å². The second-order valence-electron chi connectivity index (χ2n) is 4.32. The Morgan fingerprint density at radius 3 is 2.90 bits per heavy atom. The first-order valence-electron chi connectivity index (χ1n) is 6.18. The van der Waals surface area contributed by atoms with Crippen molar-refractivity contribution < 1.29 is 4.39 Å². The molecule has 0 spiro atoms. The van der Waals surface area contributed by atoms with Gasteiger partial charge in [-0.15, -0.1) is 10.2 Å². The number of rotatable bonds is 4. The van der Waals surface area contributed by atoms with Gasteiger partial charge >= 0.3 is 0 Å². The minimum atomic E-state index is -0.257. The fourth-order valence-corrected chi connectivity index (χ4v) is 2.94. The molecular formula is C14H13FN4S. The van der Waals surface area contributed by atoms with Crippen LogP contribution in [0.2, 0.25) is 0 Å². The van der Waals surface area contributed by atoms with Crippen molar-refractivity contribution in [2.45, 2.75) is 17.5 Å². The summed E-state index contributed by atoms with van der Waals surface area (Å²) in [4.78, 5) is 0. The topological polar surface area (TPSA) is 56.2 Å². The normalized spacial score (nSPS) is 11.1. The number of hydrogen-bond acceptors (Lipinski definition) is 4. The van der Waals surface area contributed by atoms with Crippen LogP contribution in [-0.2, 0) is 12.3 Å². The zero-order valence-corrected chi connectivity index (χ0v) is 11.5. The standard InChI is InChI=1S/C14H13FN4S/c15-12-5-4-10(11(7-12)8-16)9-20-14-18-17-13-3-1-2-6-19(13)14/h1-7H,8-9,16H2. The maximum atomic E-state index is 13.2. The first-order valence-corrected chi connectivity index (χ1v) is 7.16. The van der Waals surface area contributed by atoms with E-state index in [1.165, 1.54) is 12.1 Å². The molecule has 2 heterocycles. The molecule has 0 saturated heterocycles. The van der Waals surface area contributed by atoms with Crippen LogP contribution in [0.3, 0.4) is 0 Å². The molecule has 0 aliphatic carbocycles. The average Bonchev–Trinajstić information content (AvgIpc) is 2.89. The van der Waals surface area contributed by atoms with Crippen LogP contribution in [0.5, 0.6) is 0 Å². The molecule has 2 aromatic heterocycles. The molecule has 0 radical (unpaired) electrons. The third-order valence-electron chi connectivity index (χ3n) is 3.03. The van der Waals surface area contributed by atoms with Gasteiger partial charge in [-0.1, -0.05) is 23.9 Å². The lowest BCUT2D eigenvalue weighted by Gasteiger charge is -2.07. The molecule has 1 aromatic carbocycles. The van der Waals surface area contributed by atoms with E-state index in [1.54, 1.807) is 17.8 Å². The lowest BCUT2D eigenvalue weighted by atomic mass is 10.1. The first-order chi connectivity index (χ1) is 9.78. The van der Waals surface area contributed by atoms with Gasteiger partial charge in [-0.25, -0.2) is 4.39 Å². The number of pyridine rings is 1. The van der Waals surface area contributed by atoms with Crippen LogP contribution in [0, 0.1) is 5.82 Å². The Labute approximate surface area is 119 Å². The van der Waals surface area contributed by atoms with E-state index >= 15 is 0 Å². The van der Waals surface area contributed by atoms with E-state index in [4.69, 9.17) is 5.73 Å². The van der Waals surface area contributed by atoms with E-state index < -0.39 is 0 Å². The molecule has 2 N–H and O–H groups in total. The second-order valence-corrected chi connectivity index (χ2v) is 5.26. The Balaban J connectivity index is 1.83. The van der Waals surface area contributed by atoms with Crippen LogP contribution in [0.15, 0.2) is 47.8 Å².